The Bertz CT molecular complexity index is 2050. The van der Waals surface area contributed by atoms with Crippen molar-refractivity contribution in [3.63, 3.8) is 0 Å². The molecule has 224 valence electrons. The molecule has 6 heteroatoms. The fourth-order valence-corrected chi connectivity index (χ4v) is 4.86. The fourth-order valence-electron chi connectivity index (χ4n) is 4.86. The summed E-state index contributed by atoms with van der Waals surface area (Å²) in [4.78, 5) is 0. The summed E-state index contributed by atoms with van der Waals surface area (Å²) in [5.41, 5.74) is 3.18. The van der Waals surface area contributed by atoms with E-state index in [9.17, 15) is 26.3 Å². The van der Waals surface area contributed by atoms with E-state index in [1.165, 1.54) is 24.3 Å². The van der Waals surface area contributed by atoms with Gasteiger partial charge in [0.2, 0.25) is 0 Å². The number of fused-ring (bicyclic) bond motifs is 2. The van der Waals surface area contributed by atoms with E-state index in [4.69, 9.17) is 0 Å². The molecule has 46 heavy (non-hydrogen) atoms. The lowest BCUT2D eigenvalue weighted by Gasteiger charge is -2.05. The summed E-state index contributed by atoms with van der Waals surface area (Å²) in [6.07, 6.45) is -4.69. The van der Waals surface area contributed by atoms with Crippen LogP contribution in [0.25, 0.3) is 33.7 Å². The van der Waals surface area contributed by atoms with Crippen LogP contribution in [-0.2, 0) is 12.4 Å². The average Bonchev–Trinajstić information content (AvgIpc) is 3.04. The van der Waals surface area contributed by atoms with Gasteiger partial charge in [-0.3, -0.25) is 0 Å². The van der Waals surface area contributed by atoms with E-state index < -0.39 is 23.5 Å². The van der Waals surface area contributed by atoms with Crippen LogP contribution in [-0.4, -0.2) is 0 Å². The van der Waals surface area contributed by atoms with Crippen molar-refractivity contribution in [2.24, 2.45) is 0 Å². The van der Waals surface area contributed by atoms with E-state index in [1.807, 2.05) is 72.8 Å². The zero-order valence-electron chi connectivity index (χ0n) is 24.0. The second-order valence-corrected chi connectivity index (χ2v) is 10.6. The van der Waals surface area contributed by atoms with Crippen LogP contribution in [0.3, 0.4) is 0 Å². The Morgan fingerprint density at radius 1 is 0.348 bits per heavy atom. The first-order chi connectivity index (χ1) is 22.0. The number of alkyl halides is 6. The molecule has 0 fully saturated rings. The second-order valence-electron chi connectivity index (χ2n) is 10.6. The molecule has 6 rings (SSSR count). The van der Waals surface area contributed by atoms with E-state index in [1.54, 1.807) is 0 Å². The maximum atomic E-state index is 12.8. The monoisotopic (exact) mass is 616 g/mol. The number of rotatable bonds is 2. The van der Waals surface area contributed by atoms with Crippen molar-refractivity contribution in [3.8, 4) is 23.7 Å². The molecule has 0 bridgehead atoms. The normalized spacial score (nSPS) is 11.7. The van der Waals surface area contributed by atoms with E-state index >= 15 is 0 Å². The molecule has 0 aliphatic heterocycles. The lowest BCUT2D eigenvalue weighted by atomic mass is 10.0. The van der Waals surface area contributed by atoms with Gasteiger partial charge >= 0.3 is 12.4 Å². The third-order valence-electron chi connectivity index (χ3n) is 7.32. The topological polar surface area (TPSA) is 0 Å². The van der Waals surface area contributed by atoms with Crippen LogP contribution in [0.2, 0.25) is 0 Å². The quantitative estimate of drug-likeness (QED) is 0.103. The van der Waals surface area contributed by atoms with Crippen molar-refractivity contribution in [1.29, 1.82) is 0 Å². The van der Waals surface area contributed by atoms with Crippen molar-refractivity contribution in [1.82, 2.24) is 0 Å². The van der Waals surface area contributed by atoms with Crippen LogP contribution in [0, 0.1) is 23.7 Å². The lowest BCUT2D eigenvalue weighted by molar-refractivity contribution is -0.138. The van der Waals surface area contributed by atoms with Crippen LogP contribution in [0.5, 0.6) is 0 Å². The van der Waals surface area contributed by atoms with Gasteiger partial charge < -0.3 is 0 Å². The molecule has 6 aromatic rings. The van der Waals surface area contributed by atoms with Crippen LogP contribution in [0.4, 0.5) is 26.3 Å². The molecule has 0 saturated carbocycles. The van der Waals surface area contributed by atoms with Crippen molar-refractivity contribution >= 4 is 33.7 Å². The molecule has 0 aliphatic rings. The molecule has 0 aliphatic carbocycles. The Labute approximate surface area is 261 Å². The molecule has 0 spiro atoms. The van der Waals surface area contributed by atoms with Gasteiger partial charge in [-0.25, -0.2) is 0 Å². The Hall–Kier alpha value is -5.72. The summed E-state index contributed by atoms with van der Waals surface area (Å²) in [5.74, 6) is 11.9. The SMILES string of the molecule is FC(F)(F)c1ccc(C#Cc2ccc3cc(C=Cc4ccc5cc(C#Cc6ccc(C(F)(F)F)cc6)ccc5c4)ccc3c2)cc1. The molecule has 0 saturated heterocycles. The minimum atomic E-state index is -4.37. The molecular weight excluding hydrogens is 594 g/mol. The minimum absolute atomic E-state index is 0.507. The Balaban J connectivity index is 1.13. The summed E-state index contributed by atoms with van der Waals surface area (Å²) < 4.78 is 76.7. The average molecular weight is 617 g/mol. The highest BCUT2D eigenvalue weighted by atomic mass is 19.4. The predicted octanol–water partition coefficient (Wildman–Crippen LogP) is 11.0. The van der Waals surface area contributed by atoms with Crippen LogP contribution < -0.4 is 0 Å². The van der Waals surface area contributed by atoms with E-state index in [0.717, 1.165) is 68.1 Å². The van der Waals surface area contributed by atoms with Gasteiger partial charge in [0.1, 0.15) is 0 Å². The highest BCUT2D eigenvalue weighted by Gasteiger charge is 2.30. The van der Waals surface area contributed by atoms with Gasteiger partial charge in [-0.2, -0.15) is 26.3 Å². The lowest BCUT2D eigenvalue weighted by Crippen LogP contribution is -2.04. The van der Waals surface area contributed by atoms with Crippen LogP contribution in [0.1, 0.15) is 44.5 Å². The molecular formula is C40H22F6. The summed E-state index contributed by atoms with van der Waals surface area (Å²) >= 11 is 0. The van der Waals surface area contributed by atoms with Gasteiger partial charge in [-0.1, -0.05) is 72.2 Å². The zero-order chi connectivity index (χ0) is 32.3. The molecule has 0 atom stereocenters. The smallest absolute Gasteiger partial charge is 0.166 e. The predicted molar refractivity (Wildman–Crippen MR) is 172 cm³/mol. The van der Waals surface area contributed by atoms with Gasteiger partial charge in [0.15, 0.2) is 0 Å². The molecule has 0 heterocycles. The summed E-state index contributed by atoms with van der Waals surface area (Å²) in [5, 5.41) is 4.06. The summed E-state index contributed by atoms with van der Waals surface area (Å²) in [6, 6.07) is 33.4. The second kappa shape index (κ2) is 12.3. The number of halogens is 6. The largest absolute Gasteiger partial charge is 0.416 e. The van der Waals surface area contributed by atoms with Gasteiger partial charge in [0.05, 0.1) is 11.1 Å². The summed E-state index contributed by atoms with van der Waals surface area (Å²) in [7, 11) is 0. The Kier molecular flexibility index (Phi) is 8.14. The van der Waals surface area contributed by atoms with E-state index in [0.29, 0.717) is 11.1 Å². The molecule has 0 N–H and O–H groups in total. The van der Waals surface area contributed by atoms with Crippen molar-refractivity contribution < 1.29 is 26.3 Å². The molecule has 0 unspecified atom stereocenters. The van der Waals surface area contributed by atoms with Crippen LogP contribution in [0.15, 0.2) is 121 Å². The number of hydrogen-bond acceptors (Lipinski definition) is 0. The zero-order valence-corrected chi connectivity index (χ0v) is 24.0. The molecule has 0 radical (unpaired) electrons. The standard InChI is InChI=1S/C40H22F6/c41-39(42,43)37-19-11-27(12-20-37)1-3-29-7-15-35-25-31(9-17-33(35)23-29)5-6-32-10-18-34-24-30(8-16-36(34)26-32)4-2-28-13-21-38(22-14-28)40(44,45)46/h5-26H. The fraction of sp³-hybridized carbons (Fsp3) is 0.0500. The first kappa shape index (κ1) is 30.3. The van der Waals surface area contributed by atoms with Crippen molar-refractivity contribution in [2.75, 3.05) is 0 Å². The third-order valence-corrected chi connectivity index (χ3v) is 7.32. The maximum absolute atomic E-state index is 12.8. The van der Waals surface area contributed by atoms with Crippen LogP contribution >= 0.6 is 0 Å². The van der Waals surface area contributed by atoms with Crippen molar-refractivity contribution in [2.45, 2.75) is 12.4 Å². The Morgan fingerprint density at radius 2 is 0.652 bits per heavy atom. The third kappa shape index (κ3) is 7.32. The molecule has 0 amide bonds. The molecule has 0 aromatic heterocycles. The maximum Gasteiger partial charge on any atom is 0.416 e. The van der Waals surface area contributed by atoms with Gasteiger partial charge in [0.25, 0.3) is 0 Å². The van der Waals surface area contributed by atoms with Gasteiger partial charge in [0, 0.05) is 22.3 Å². The Morgan fingerprint density at radius 3 is 1.02 bits per heavy atom. The van der Waals surface area contributed by atoms with E-state index in [-0.39, 0.29) is 0 Å². The highest BCUT2D eigenvalue weighted by molar-refractivity contribution is 5.89. The number of hydrogen-bond donors (Lipinski definition) is 0. The van der Waals surface area contributed by atoms with Gasteiger partial charge in [-0.05, 0) is 118 Å². The molecule has 0 nitrogen and oxygen atoms in total. The van der Waals surface area contributed by atoms with Crippen molar-refractivity contribution in [3.05, 3.63) is 166 Å². The first-order valence-electron chi connectivity index (χ1n) is 14.1. The van der Waals surface area contributed by atoms with Gasteiger partial charge in [-0.15, -0.1) is 0 Å². The number of benzene rings is 6. The minimum Gasteiger partial charge on any atom is -0.166 e. The summed E-state index contributed by atoms with van der Waals surface area (Å²) in [6.45, 7) is 0. The first-order valence-corrected chi connectivity index (χ1v) is 14.1. The molecule has 6 aromatic carbocycles. The highest BCUT2D eigenvalue weighted by Crippen LogP contribution is 2.30. The van der Waals surface area contributed by atoms with E-state index in [2.05, 4.69) is 35.8 Å².